The van der Waals surface area contributed by atoms with Crippen LogP contribution in [-0.4, -0.2) is 41.4 Å². The van der Waals surface area contributed by atoms with Crippen LogP contribution in [0.3, 0.4) is 0 Å². The molecule has 6 heteroatoms. The minimum Gasteiger partial charge on any atom is -0.481 e. The van der Waals surface area contributed by atoms with E-state index in [1.165, 1.54) is 0 Å². The van der Waals surface area contributed by atoms with Gasteiger partial charge in [-0.2, -0.15) is 0 Å². The molecule has 0 saturated carbocycles. The number of carboxylic acid groups (broad SMARTS) is 1. The zero-order valence-corrected chi connectivity index (χ0v) is 11.3. The molecule has 1 aliphatic heterocycles. The van der Waals surface area contributed by atoms with Gasteiger partial charge in [0.2, 0.25) is 0 Å². The summed E-state index contributed by atoms with van der Waals surface area (Å²) in [6.45, 7) is 7.71. The molecule has 6 nitrogen and oxygen atoms in total. The standard InChI is InChI=1S/C12H22N2O4/c1-7(10(15)16)8(2)13-11(17)14-12(4)5-6-18-9(12)3/h7-9H,5-6H2,1-4H3,(H,15,16)(H2,13,14,17). The van der Waals surface area contributed by atoms with E-state index in [2.05, 4.69) is 10.6 Å². The molecule has 104 valence electrons. The lowest BCUT2D eigenvalue weighted by atomic mass is 9.95. The third-order valence-corrected chi connectivity index (χ3v) is 3.78. The lowest BCUT2D eigenvalue weighted by Gasteiger charge is -2.30. The number of nitrogens with one attached hydrogen (secondary N) is 2. The highest BCUT2D eigenvalue weighted by molar-refractivity contribution is 5.77. The Morgan fingerprint density at radius 1 is 1.44 bits per heavy atom. The molecule has 2 amide bonds. The first-order valence-corrected chi connectivity index (χ1v) is 6.19. The molecule has 0 radical (unpaired) electrons. The third-order valence-electron chi connectivity index (χ3n) is 3.78. The number of amides is 2. The minimum atomic E-state index is -0.924. The number of carbonyl (C=O) groups excluding carboxylic acids is 1. The average Bonchev–Trinajstić information content (AvgIpc) is 2.57. The summed E-state index contributed by atoms with van der Waals surface area (Å²) in [5.41, 5.74) is -0.393. The number of carbonyl (C=O) groups is 2. The van der Waals surface area contributed by atoms with Crippen molar-refractivity contribution in [3.63, 3.8) is 0 Å². The van der Waals surface area contributed by atoms with E-state index in [1.807, 2.05) is 13.8 Å². The van der Waals surface area contributed by atoms with Crippen LogP contribution in [0.25, 0.3) is 0 Å². The van der Waals surface area contributed by atoms with Crippen LogP contribution in [0.2, 0.25) is 0 Å². The first-order valence-electron chi connectivity index (χ1n) is 6.19. The summed E-state index contributed by atoms with van der Waals surface area (Å²) in [6, 6.07) is -0.779. The van der Waals surface area contributed by atoms with E-state index < -0.39 is 23.5 Å². The predicted octanol–water partition coefficient (Wildman–Crippen LogP) is 0.962. The van der Waals surface area contributed by atoms with Crippen molar-refractivity contribution in [3.8, 4) is 0 Å². The molecule has 0 aromatic carbocycles. The molecular formula is C12H22N2O4. The first-order chi connectivity index (χ1) is 8.26. The van der Waals surface area contributed by atoms with Crippen molar-refractivity contribution in [2.75, 3.05) is 6.61 Å². The van der Waals surface area contributed by atoms with E-state index in [0.717, 1.165) is 6.42 Å². The Morgan fingerprint density at radius 2 is 2.06 bits per heavy atom. The molecule has 0 aromatic heterocycles. The summed E-state index contributed by atoms with van der Waals surface area (Å²) in [7, 11) is 0. The number of hydrogen-bond acceptors (Lipinski definition) is 3. The maximum absolute atomic E-state index is 11.8. The SMILES string of the molecule is CC(NC(=O)NC1(C)CCOC1C)C(C)C(=O)O. The predicted molar refractivity (Wildman–Crippen MR) is 66.4 cm³/mol. The zero-order chi connectivity index (χ0) is 13.9. The maximum Gasteiger partial charge on any atom is 0.315 e. The Morgan fingerprint density at radius 3 is 2.50 bits per heavy atom. The third kappa shape index (κ3) is 3.35. The fourth-order valence-electron chi connectivity index (χ4n) is 1.84. The number of ether oxygens (including phenoxy) is 1. The summed E-state index contributed by atoms with van der Waals surface area (Å²) in [5.74, 6) is -1.55. The number of carboxylic acids is 1. The Kier molecular flexibility index (Phi) is 4.56. The van der Waals surface area contributed by atoms with Crippen LogP contribution in [0.4, 0.5) is 4.79 Å². The molecule has 0 aliphatic carbocycles. The van der Waals surface area contributed by atoms with Crippen molar-refractivity contribution in [1.82, 2.24) is 10.6 Å². The molecule has 1 rings (SSSR count). The topological polar surface area (TPSA) is 87.7 Å². The van der Waals surface area contributed by atoms with Crippen molar-refractivity contribution in [2.24, 2.45) is 5.92 Å². The van der Waals surface area contributed by atoms with Gasteiger partial charge in [-0.25, -0.2) is 4.79 Å². The smallest absolute Gasteiger partial charge is 0.315 e. The van der Waals surface area contributed by atoms with Gasteiger partial charge in [0.05, 0.1) is 17.6 Å². The second-order valence-corrected chi connectivity index (χ2v) is 5.19. The summed E-state index contributed by atoms with van der Waals surface area (Å²) < 4.78 is 5.42. The summed E-state index contributed by atoms with van der Waals surface area (Å²) in [5, 5.41) is 14.4. The number of aliphatic carboxylic acids is 1. The van der Waals surface area contributed by atoms with Crippen LogP contribution in [0.5, 0.6) is 0 Å². The van der Waals surface area contributed by atoms with E-state index in [1.54, 1.807) is 13.8 Å². The second kappa shape index (κ2) is 5.56. The quantitative estimate of drug-likeness (QED) is 0.701. The van der Waals surface area contributed by atoms with E-state index >= 15 is 0 Å². The Bertz CT molecular complexity index is 334. The highest BCUT2D eigenvalue weighted by atomic mass is 16.5. The van der Waals surface area contributed by atoms with Crippen LogP contribution in [0.1, 0.15) is 34.1 Å². The molecule has 1 saturated heterocycles. The van der Waals surface area contributed by atoms with Crippen molar-refractivity contribution in [1.29, 1.82) is 0 Å². The maximum atomic E-state index is 11.8. The molecule has 0 spiro atoms. The fourth-order valence-corrected chi connectivity index (χ4v) is 1.84. The lowest BCUT2D eigenvalue weighted by Crippen LogP contribution is -2.56. The summed E-state index contributed by atoms with van der Waals surface area (Å²) in [6.07, 6.45) is 0.709. The molecule has 1 heterocycles. The van der Waals surface area contributed by atoms with E-state index in [-0.39, 0.29) is 12.1 Å². The average molecular weight is 258 g/mol. The Labute approximate surface area is 107 Å². The summed E-state index contributed by atoms with van der Waals surface area (Å²) >= 11 is 0. The zero-order valence-electron chi connectivity index (χ0n) is 11.3. The van der Waals surface area contributed by atoms with E-state index in [0.29, 0.717) is 6.61 Å². The van der Waals surface area contributed by atoms with Crippen molar-refractivity contribution >= 4 is 12.0 Å². The number of hydrogen-bond donors (Lipinski definition) is 3. The number of urea groups is 1. The molecule has 1 aliphatic rings. The molecule has 4 unspecified atom stereocenters. The van der Waals surface area contributed by atoms with Gasteiger partial charge in [0.15, 0.2) is 0 Å². The van der Waals surface area contributed by atoms with Gasteiger partial charge in [0, 0.05) is 12.6 Å². The van der Waals surface area contributed by atoms with Crippen molar-refractivity contribution < 1.29 is 19.4 Å². The molecule has 0 aromatic rings. The van der Waals surface area contributed by atoms with Gasteiger partial charge >= 0.3 is 12.0 Å². The second-order valence-electron chi connectivity index (χ2n) is 5.19. The lowest BCUT2D eigenvalue weighted by molar-refractivity contribution is -0.141. The van der Waals surface area contributed by atoms with E-state index in [9.17, 15) is 9.59 Å². The minimum absolute atomic E-state index is 0.0459. The van der Waals surface area contributed by atoms with Gasteiger partial charge in [-0.05, 0) is 34.1 Å². The number of rotatable bonds is 4. The molecular weight excluding hydrogens is 236 g/mol. The molecule has 1 fully saturated rings. The Hall–Kier alpha value is -1.30. The highest BCUT2D eigenvalue weighted by Crippen LogP contribution is 2.24. The van der Waals surface area contributed by atoms with Crippen molar-refractivity contribution in [3.05, 3.63) is 0 Å². The van der Waals surface area contributed by atoms with Gasteiger partial charge in [0.1, 0.15) is 0 Å². The van der Waals surface area contributed by atoms with Gasteiger partial charge < -0.3 is 20.5 Å². The van der Waals surface area contributed by atoms with Crippen molar-refractivity contribution in [2.45, 2.75) is 51.8 Å². The van der Waals surface area contributed by atoms with Gasteiger partial charge in [0.25, 0.3) is 0 Å². The first kappa shape index (κ1) is 14.8. The van der Waals surface area contributed by atoms with Crippen LogP contribution < -0.4 is 10.6 Å². The monoisotopic (exact) mass is 258 g/mol. The van der Waals surface area contributed by atoms with Crippen LogP contribution in [0, 0.1) is 5.92 Å². The van der Waals surface area contributed by atoms with E-state index in [4.69, 9.17) is 9.84 Å². The highest BCUT2D eigenvalue weighted by Gasteiger charge is 2.38. The normalized spacial score (nSPS) is 30.6. The molecule has 0 bridgehead atoms. The largest absolute Gasteiger partial charge is 0.481 e. The Balaban J connectivity index is 2.49. The van der Waals surface area contributed by atoms with Gasteiger partial charge in [-0.3, -0.25) is 4.79 Å². The van der Waals surface area contributed by atoms with Crippen LogP contribution >= 0.6 is 0 Å². The molecule has 3 N–H and O–H groups in total. The summed E-state index contributed by atoms with van der Waals surface area (Å²) in [4.78, 5) is 22.6. The molecule has 4 atom stereocenters. The fraction of sp³-hybridized carbons (Fsp3) is 0.833. The van der Waals surface area contributed by atoms with Crippen LogP contribution in [0.15, 0.2) is 0 Å². The van der Waals surface area contributed by atoms with Gasteiger partial charge in [-0.15, -0.1) is 0 Å². The molecule has 18 heavy (non-hydrogen) atoms. The van der Waals surface area contributed by atoms with Crippen LogP contribution in [-0.2, 0) is 9.53 Å². The van der Waals surface area contributed by atoms with Gasteiger partial charge in [-0.1, -0.05) is 0 Å².